The fourth-order valence-corrected chi connectivity index (χ4v) is 3.52. The third kappa shape index (κ3) is 5.99. The first-order chi connectivity index (χ1) is 11.7. The fraction of sp³-hybridized carbons (Fsp3) is 0.188. The first-order valence-electron chi connectivity index (χ1n) is 6.85. The number of hydrogen-bond donors (Lipinski definition) is 1. The molecule has 9 heteroatoms. The molecule has 25 heavy (non-hydrogen) atoms. The molecular weight excluding hydrogens is 418 g/mol. The van der Waals surface area contributed by atoms with E-state index in [2.05, 4.69) is 5.32 Å². The van der Waals surface area contributed by atoms with Crippen molar-refractivity contribution in [1.29, 1.82) is 0 Å². The van der Waals surface area contributed by atoms with Crippen molar-refractivity contribution in [2.24, 2.45) is 0 Å². The second-order valence-electron chi connectivity index (χ2n) is 4.97. The van der Waals surface area contributed by atoms with Crippen LogP contribution in [0, 0.1) is 0 Å². The molecule has 0 aliphatic heterocycles. The molecule has 0 atom stereocenters. The Morgan fingerprint density at radius 2 is 1.76 bits per heavy atom. The predicted molar refractivity (Wildman–Crippen MR) is 97.7 cm³/mol. The van der Waals surface area contributed by atoms with E-state index in [-0.39, 0.29) is 11.4 Å². The number of thioether (sulfide) groups is 1. The van der Waals surface area contributed by atoms with Crippen LogP contribution in [-0.4, -0.2) is 11.7 Å². The van der Waals surface area contributed by atoms with Gasteiger partial charge in [-0.05, 0) is 35.9 Å². The molecular formula is C16H11Cl3F3NOS. The van der Waals surface area contributed by atoms with E-state index in [9.17, 15) is 18.0 Å². The lowest BCUT2D eigenvalue weighted by molar-refractivity contribution is -0.137. The van der Waals surface area contributed by atoms with E-state index in [1.54, 1.807) is 18.2 Å². The van der Waals surface area contributed by atoms with Crippen LogP contribution in [0.4, 0.5) is 18.9 Å². The van der Waals surface area contributed by atoms with Gasteiger partial charge < -0.3 is 5.32 Å². The van der Waals surface area contributed by atoms with Crippen LogP contribution in [0.1, 0.15) is 11.1 Å². The Bertz CT molecular complexity index is 784. The van der Waals surface area contributed by atoms with Gasteiger partial charge in [-0.25, -0.2) is 0 Å². The maximum Gasteiger partial charge on any atom is 0.417 e. The van der Waals surface area contributed by atoms with E-state index < -0.39 is 22.7 Å². The first kappa shape index (κ1) is 20.2. The lowest BCUT2D eigenvalue weighted by Gasteiger charge is -2.12. The predicted octanol–water partition coefficient (Wildman–Crippen LogP) is 6.54. The van der Waals surface area contributed by atoms with Crippen molar-refractivity contribution in [3.63, 3.8) is 0 Å². The molecule has 0 heterocycles. The Balaban J connectivity index is 1.92. The number of benzene rings is 2. The minimum absolute atomic E-state index is 0.0341. The summed E-state index contributed by atoms with van der Waals surface area (Å²) in [5.41, 5.74) is -0.144. The van der Waals surface area contributed by atoms with Crippen LogP contribution in [0.3, 0.4) is 0 Å². The molecule has 0 saturated heterocycles. The average molecular weight is 429 g/mol. The molecule has 2 rings (SSSR count). The maximum absolute atomic E-state index is 12.8. The summed E-state index contributed by atoms with van der Waals surface area (Å²) in [4.78, 5) is 11.9. The highest BCUT2D eigenvalue weighted by Crippen LogP contribution is 2.36. The second kappa shape index (κ2) is 8.54. The van der Waals surface area contributed by atoms with Crippen molar-refractivity contribution in [3.8, 4) is 0 Å². The van der Waals surface area contributed by atoms with Crippen molar-refractivity contribution in [2.45, 2.75) is 11.9 Å². The van der Waals surface area contributed by atoms with E-state index in [0.717, 1.165) is 17.7 Å². The van der Waals surface area contributed by atoms with Gasteiger partial charge in [0.1, 0.15) is 0 Å². The minimum Gasteiger partial charge on any atom is -0.325 e. The number of nitrogens with one attached hydrogen (secondary N) is 1. The number of carbonyl (C=O) groups excluding carboxylic acids is 1. The van der Waals surface area contributed by atoms with Gasteiger partial charge in [0.25, 0.3) is 0 Å². The van der Waals surface area contributed by atoms with Gasteiger partial charge in [0.05, 0.1) is 16.3 Å². The van der Waals surface area contributed by atoms with Gasteiger partial charge in [0, 0.05) is 21.5 Å². The third-order valence-electron chi connectivity index (χ3n) is 3.06. The number of anilines is 1. The molecule has 0 saturated carbocycles. The van der Waals surface area contributed by atoms with Crippen LogP contribution in [0.25, 0.3) is 0 Å². The largest absolute Gasteiger partial charge is 0.417 e. The Morgan fingerprint density at radius 3 is 2.40 bits per heavy atom. The first-order valence-corrected chi connectivity index (χ1v) is 9.14. The van der Waals surface area contributed by atoms with Crippen LogP contribution >= 0.6 is 46.6 Å². The number of halogens is 6. The van der Waals surface area contributed by atoms with Crippen molar-refractivity contribution >= 4 is 58.2 Å². The monoisotopic (exact) mass is 427 g/mol. The van der Waals surface area contributed by atoms with Crippen molar-refractivity contribution in [3.05, 3.63) is 62.6 Å². The molecule has 1 amide bonds. The van der Waals surface area contributed by atoms with E-state index in [4.69, 9.17) is 34.8 Å². The molecule has 0 radical (unpaired) electrons. The highest BCUT2D eigenvalue weighted by atomic mass is 35.5. The van der Waals surface area contributed by atoms with E-state index in [0.29, 0.717) is 15.8 Å². The van der Waals surface area contributed by atoms with E-state index in [1.807, 2.05) is 0 Å². The summed E-state index contributed by atoms with van der Waals surface area (Å²) in [5.74, 6) is 0.103. The molecule has 0 unspecified atom stereocenters. The summed E-state index contributed by atoms with van der Waals surface area (Å²) in [7, 11) is 0. The Morgan fingerprint density at radius 1 is 1.04 bits per heavy atom. The molecule has 0 spiro atoms. The van der Waals surface area contributed by atoms with Crippen LogP contribution in [0.2, 0.25) is 15.1 Å². The average Bonchev–Trinajstić information content (AvgIpc) is 2.50. The van der Waals surface area contributed by atoms with Gasteiger partial charge in [0.2, 0.25) is 5.91 Å². The van der Waals surface area contributed by atoms with Gasteiger partial charge in [0.15, 0.2) is 0 Å². The summed E-state index contributed by atoms with van der Waals surface area (Å²) in [6.07, 6.45) is -4.59. The van der Waals surface area contributed by atoms with Crippen LogP contribution in [0.15, 0.2) is 36.4 Å². The number of carbonyl (C=O) groups is 1. The molecule has 0 fully saturated rings. The summed E-state index contributed by atoms with van der Waals surface area (Å²) in [5, 5.41) is 3.01. The summed E-state index contributed by atoms with van der Waals surface area (Å²) in [6, 6.07) is 8.27. The summed E-state index contributed by atoms with van der Waals surface area (Å²) >= 11 is 18.6. The fourth-order valence-electron chi connectivity index (χ4n) is 1.91. The molecule has 2 aromatic carbocycles. The molecule has 134 valence electrons. The lowest BCUT2D eigenvalue weighted by atomic mass is 10.2. The highest BCUT2D eigenvalue weighted by Gasteiger charge is 2.33. The van der Waals surface area contributed by atoms with Gasteiger partial charge in [-0.1, -0.05) is 40.9 Å². The molecule has 0 aliphatic rings. The lowest BCUT2D eigenvalue weighted by Crippen LogP contribution is -2.15. The third-order valence-corrected chi connectivity index (χ3v) is 4.96. The number of rotatable bonds is 5. The zero-order valence-electron chi connectivity index (χ0n) is 12.5. The summed E-state index contributed by atoms with van der Waals surface area (Å²) in [6.45, 7) is 0. The SMILES string of the molecule is O=C(CSCc1ccc(Cl)cc1Cl)Nc1ccc(Cl)c(C(F)(F)F)c1. The number of amides is 1. The van der Waals surface area contributed by atoms with Crippen LogP contribution < -0.4 is 5.32 Å². The standard InChI is InChI=1S/C16H11Cl3F3NOS/c17-10-2-1-9(14(19)5-10)7-25-8-15(24)23-11-3-4-13(18)12(6-11)16(20,21)22/h1-6H,7-8H2,(H,23,24). The zero-order valence-corrected chi connectivity index (χ0v) is 15.5. The van der Waals surface area contributed by atoms with Crippen LogP contribution in [-0.2, 0) is 16.7 Å². The molecule has 0 bridgehead atoms. The Kier molecular flexibility index (Phi) is 6.91. The molecule has 1 N–H and O–H groups in total. The van der Waals surface area contributed by atoms with Crippen molar-refractivity contribution in [2.75, 3.05) is 11.1 Å². The Labute approximate surface area is 161 Å². The van der Waals surface area contributed by atoms with E-state index in [1.165, 1.54) is 17.8 Å². The van der Waals surface area contributed by atoms with Crippen molar-refractivity contribution in [1.82, 2.24) is 0 Å². The van der Waals surface area contributed by atoms with Crippen LogP contribution in [0.5, 0.6) is 0 Å². The maximum atomic E-state index is 12.8. The van der Waals surface area contributed by atoms with Gasteiger partial charge in [-0.2, -0.15) is 13.2 Å². The van der Waals surface area contributed by atoms with E-state index >= 15 is 0 Å². The quantitative estimate of drug-likeness (QED) is 0.586. The number of alkyl halides is 3. The summed E-state index contributed by atoms with van der Waals surface area (Å²) < 4.78 is 38.4. The molecule has 2 aromatic rings. The second-order valence-corrected chi connectivity index (χ2v) is 7.21. The normalized spacial score (nSPS) is 11.4. The molecule has 2 nitrogen and oxygen atoms in total. The number of hydrogen-bond acceptors (Lipinski definition) is 2. The molecule has 0 aliphatic carbocycles. The minimum atomic E-state index is -4.59. The zero-order chi connectivity index (χ0) is 18.6. The van der Waals surface area contributed by atoms with Gasteiger partial charge in [-0.3, -0.25) is 4.79 Å². The topological polar surface area (TPSA) is 29.1 Å². The Hall–Kier alpha value is -1.08. The van der Waals surface area contributed by atoms with Gasteiger partial charge in [-0.15, -0.1) is 11.8 Å². The highest BCUT2D eigenvalue weighted by molar-refractivity contribution is 7.99. The van der Waals surface area contributed by atoms with Gasteiger partial charge >= 0.3 is 6.18 Å². The van der Waals surface area contributed by atoms with Crippen molar-refractivity contribution < 1.29 is 18.0 Å². The molecule has 0 aromatic heterocycles. The smallest absolute Gasteiger partial charge is 0.325 e.